The molecule has 0 spiro atoms. The number of carbonyl (C=O) groups excluding carboxylic acids is 1. The predicted octanol–water partition coefficient (Wildman–Crippen LogP) is 4.31. The van der Waals surface area contributed by atoms with E-state index < -0.39 is 0 Å². The molecule has 0 unspecified atom stereocenters. The van der Waals surface area contributed by atoms with Gasteiger partial charge in [-0.15, -0.1) is 0 Å². The molecular weight excluding hydrogens is 332 g/mol. The molecule has 138 valence electrons. The minimum absolute atomic E-state index is 0.121. The number of para-hydroxylation sites is 1. The van der Waals surface area contributed by atoms with Gasteiger partial charge in [-0.3, -0.25) is 9.36 Å². The summed E-state index contributed by atoms with van der Waals surface area (Å²) in [5.41, 5.74) is 1.93. The van der Waals surface area contributed by atoms with Crippen LogP contribution in [0.15, 0.2) is 79.1 Å². The Morgan fingerprint density at radius 2 is 1.59 bits per heavy atom. The largest absolute Gasteiger partial charge is 0.299 e. The van der Waals surface area contributed by atoms with Crippen LogP contribution in [0.1, 0.15) is 37.6 Å². The Hall–Kier alpha value is -3.20. The fourth-order valence-electron chi connectivity index (χ4n) is 2.59. The van der Waals surface area contributed by atoms with Crippen LogP contribution in [-0.4, -0.2) is 15.3 Å². The third-order valence-corrected chi connectivity index (χ3v) is 3.89. The second-order valence-electron chi connectivity index (χ2n) is 5.68. The number of hydrogen-bond donors (Lipinski definition) is 0. The summed E-state index contributed by atoms with van der Waals surface area (Å²) >= 11 is 0. The van der Waals surface area contributed by atoms with Gasteiger partial charge in [-0.1, -0.05) is 80.6 Å². The molecule has 0 fully saturated rings. The van der Waals surface area contributed by atoms with E-state index >= 15 is 0 Å². The molecule has 0 radical (unpaired) electrons. The number of imidazole rings is 1. The summed E-state index contributed by atoms with van der Waals surface area (Å²) in [4.78, 5) is 15.1. The number of rotatable bonds is 2. The first-order valence-electron chi connectivity index (χ1n) is 9.27. The van der Waals surface area contributed by atoms with Crippen molar-refractivity contribution in [2.75, 3.05) is 0 Å². The lowest BCUT2D eigenvalue weighted by Crippen LogP contribution is -2.28. The highest BCUT2D eigenvalue weighted by molar-refractivity contribution is 5.93. The molecule has 0 amide bonds. The molecule has 3 heteroatoms. The summed E-state index contributed by atoms with van der Waals surface area (Å²) in [5, 5.41) is 2.22. The average Bonchev–Trinajstić information content (AvgIpc) is 2.99. The number of ketones is 1. The lowest BCUT2D eigenvalue weighted by atomic mass is 10.2. The maximum atomic E-state index is 10.6. The lowest BCUT2D eigenvalue weighted by Gasteiger charge is -2.01. The Balaban J connectivity index is 0.000000203. The van der Waals surface area contributed by atoms with Crippen LogP contribution in [0.2, 0.25) is 0 Å². The standard InChI is InChI=1S/C14H12N2.C8H8O.C2H6/c1-3-7-12(8-4-1)16-11-15-13-9-5-2-6-10-14(13)16;1-7(9)8-5-3-2-4-6-8;1-2/h1-5,7-11H,6H2;2-6H,1H3;1-2H3. The van der Waals surface area contributed by atoms with Crippen molar-refractivity contribution in [1.29, 1.82) is 0 Å². The molecule has 1 heterocycles. The van der Waals surface area contributed by atoms with Gasteiger partial charge in [0.1, 0.15) is 6.33 Å². The highest BCUT2D eigenvalue weighted by Gasteiger charge is 2.00. The molecule has 0 saturated heterocycles. The average molecular weight is 358 g/mol. The van der Waals surface area contributed by atoms with E-state index in [4.69, 9.17) is 0 Å². The zero-order chi connectivity index (χ0) is 19.5. The van der Waals surface area contributed by atoms with Gasteiger partial charge in [0.25, 0.3) is 0 Å². The molecular formula is C24H26N2O. The fraction of sp³-hybridized carbons (Fsp3) is 0.167. The number of aromatic nitrogens is 2. The Morgan fingerprint density at radius 1 is 0.963 bits per heavy atom. The van der Waals surface area contributed by atoms with Gasteiger partial charge in [0.15, 0.2) is 5.78 Å². The Kier molecular flexibility index (Phi) is 7.98. The molecule has 0 aliphatic heterocycles. The van der Waals surface area contributed by atoms with Gasteiger partial charge in [0.2, 0.25) is 0 Å². The highest BCUT2D eigenvalue weighted by atomic mass is 16.1. The number of Topliss-reactive ketones (excluding diaryl/α,β-unsaturated/α-hetero) is 1. The predicted molar refractivity (Wildman–Crippen MR) is 113 cm³/mol. The van der Waals surface area contributed by atoms with Crippen molar-refractivity contribution in [3.63, 3.8) is 0 Å². The second-order valence-corrected chi connectivity index (χ2v) is 5.68. The summed E-state index contributed by atoms with van der Waals surface area (Å²) in [7, 11) is 0. The van der Waals surface area contributed by atoms with E-state index in [0.717, 1.165) is 23.0 Å². The number of allylic oxidation sites excluding steroid dienone is 2. The number of benzene rings is 2. The summed E-state index contributed by atoms with van der Waals surface area (Å²) in [6.07, 6.45) is 11.3. The van der Waals surface area contributed by atoms with E-state index in [-0.39, 0.29) is 5.78 Å². The van der Waals surface area contributed by atoms with E-state index in [1.54, 1.807) is 6.92 Å². The second kappa shape index (κ2) is 10.7. The van der Waals surface area contributed by atoms with Crippen molar-refractivity contribution in [1.82, 2.24) is 9.55 Å². The minimum atomic E-state index is 0.121. The molecule has 2 aromatic carbocycles. The summed E-state index contributed by atoms with van der Waals surface area (Å²) in [5.74, 6) is 0.121. The third-order valence-electron chi connectivity index (χ3n) is 3.89. The molecule has 0 saturated carbocycles. The first-order valence-corrected chi connectivity index (χ1v) is 9.27. The number of hydrogen-bond acceptors (Lipinski definition) is 2. The van der Waals surface area contributed by atoms with E-state index in [0.29, 0.717) is 0 Å². The van der Waals surface area contributed by atoms with Crippen LogP contribution < -0.4 is 10.7 Å². The van der Waals surface area contributed by atoms with Crippen LogP contribution in [0.4, 0.5) is 0 Å². The van der Waals surface area contributed by atoms with Crippen molar-refractivity contribution in [3.8, 4) is 5.69 Å². The summed E-state index contributed by atoms with van der Waals surface area (Å²) < 4.78 is 2.12. The zero-order valence-electron chi connectivity index (χ0n) is 16.2. The van der Waals surface area contributed by atoms with Crippen LogP contribution in [0.25, 0.3) is 17.8 Å². The molecule has 3 aromatic rings. The first kappa shape index (κ1) is 20.1. The highest BCUT2D eigenvalue weighted by Crippen LogP contribution is 2.02. The molecule has 27 heavy (non-hydrogen) atoms. The van der Waals surface area contributed by atoms with E-state index in [2.05, 4.69) is 46.0 Å². The Bertz CT molecular complexity index is 984. The number of fused-ring (bicyclic) bond motifs is 1. The minimum Gasteiger partial charge on any atom is -0.299 e. The molecule has 0 N–H and O–H groups in total. The van der Waals surface area contributed by atoms with Gasteiger partial charge in [-0.05, 0) is 31.6 Å². The van der Waals surface area contributed by atoms with E-state index in [1.807, 2.05) is 68.7 Å². The van der Waals surface area contributed by atoms with Crippen LogP contribution in [0, 0.1) is 0 Å². The molecule has 1 aromatic heterocycles. The van der Waals surface area contributed by atoms with Crippen molar-refractivity contribution in [2.24, 2.45) is 0 Å². The molecule has 3 nitrogen and oxygen atoms in total. The van der Waals surface area contributed by atoms with Crippen molar-refractivity contribution < 1.29 is 4.79 Å². The molecule has 1 aliphatic rings. The zero-order valence-corrected chi connectivity index (χ0v) is 16.2. The topological polar surface area (TPSA) is 34.9 Å². The quantitative estimate of drug-likeness (QED) is 0.640. The molecule has 4 rings (SSSR count). The third kappa shape index (κ3) is 5.65. The van der Waals surface area contributed by atoms with Crippen LogP contribution >= 0.6 is 0 Å². The van der Waals surface area contributed by atoms with Gasteiger partial charge in [0.05, 0.1) is 10.7 Å². The SMILES string of the molecule is C1=CCC=c2c(ncn2-c2ccccc2)=C1.CC.CC(=O)c1ccccc1. The van der Waals surface area contributed by atoms with Crippen LogP contribution in [0.5, 0.6) is 0 Å². The van der Waals surface area contributed by atoms with Gasteiger partial charge < -0.3 is 0 Å². The smallest absolute Gasteiger partial charge is 0.159 e. The number of carbonyl (C=O) groups is 1. The fourth-order valence-corrected chi connectivity index (χ4v) is 2.59. The van der Waals surface area contributed by atoms with Crippen LogP contribution in [0.3, 0.4) is 0 Å². The normalized spacial score (nSPS) is 11.2. The number of nitrogens with zero attached hydrogens (tertiary/aromatic N) is 2. The lowest BCUT2D eigenvalue weighted by molar-refractivity contribution is 0.101. The molecule has 1 aliphatic carbocycles. The summed E-state index contributed by atoms with van der Waals surface area (Å²) in [6, 6.07) is 19.5. The summed E-state index contributed by atoms with van der Waals surface area (Å²) in [6.45, 7) is 5.56. The van der Waals surface area contributed by atoms with Crippen LogP contribution in [-0.2, 0) is 0 Å². The van der Waals surface area contributed by atoms with Gasteiger partial charge in [-0.25, -0.2) is 4.98 Å². The maximum Gasteiger partial charge on any atom is 0.159 e. The van der Waals surface area contributed by atoms with Gasteiger partial charge >= 0.3 is 0 Å². The Morgan fingerprint density at radius 3 is 2.19 bits per heavy atom. The van der Waals surface area contributed by atoms with E-state index in [1.165, 1.54) is 5.35 Å². The molecule has 0 atom stereocenters. The maximum absolute atomic E-state index is 10.6. The molecule has 0 bridgehead atoms. The van der Waals surface area contributed by atoms with Crippen molar-refractivity contribution in [2.45, 2.75) is 27.2 Å². The van der Waals surface area contributed by atoms with Crippen molar-refractivity contribution >= 4 is 17.9 Å². The monoisotopic (exact) mass is 358 g/mol. The van der Waals surface area contributed by atoms with Gasteiger partial charge in [0, 0.05) is 11.3 Å². The van der Waals surface area contributed by atoms with Crippen molar-refractivity contribution in [3.05, 3.63) is 95.4 Å². The first-order chi connectivity index (χ1) is 13.3. The Labute approximate surface area is 161 Å². The van der Waals surface area contributed by atoms with Gasteiger partial charge in [-0.2, -0.15) is 0 Å². The van der Waals surface area contributed by atoms with E-state index in [9.17, 15) is 4.79 Å².